The topological polar surface area (TPSA) is 59.4 Å². The van der Waals surface area contributed by atoms with Crippen LogP contribution in [0.15, 0.2) is 77.8 Å². The number of rotatable bonds is 5. The van der Waals surface area contributed by atoms with Gasteiger partial charge in [-0.05, 0) is 36.4 Å². The summed E-state index contributed by atoms with van der Waals surface area (Å²) in [7, 11) is 0. The molecule has 158 valence electrons. The van der Waals surface area contributed by atoms with Gasteiger partial charge in [-0.3, -0.25) is 9.69 Å². The second kappa shape index (κ2) is 8.23. The molecule has 8 heteroatoms. The fraction of sp³-hybridized carbons (Fsp3) is 0.217. The first-order valence-corrected chi connectivity index (χ1v) is 10.2. The van der Waals surface area contributed by atoms with Crippen LogP contribution >= 0.6 is 0 Å². The van der Waals surface area contributed by atoms with E-state index < -0.39 is 5.82 Å². The molecule has 0 unspecified atom stereocenters. The number of carbonyl (C=O) groups excluding carboxylic acids is 1. The molecule has 4 heterocycles. The average Bonchev–Trinajstić information content (AvgIpc) is 3.55. The number of benzene rings is 1. The van der Waals surface area contributed by atoms with Gasteiger partial charge in [0.15, 0.2) is 5.82 Å². The molecule has 0 N–H and O–H groups in total. The van der Waals surface area contributed by atoms with Gasteiger partial charge in [-0.2, -0.15) is 5.10 Å². The molecule has 1 amide bonds. The third kappa shape index (κ3) is 3.77. The van der Waals surface area contributed by atoms with Crippen molar-refractivity contribution < 1.29 is 13.6 Å². The van der Waals surface area contributed by atoms with E-state index in [1.165, 1.54) is 16.9 Å². The van der Waals surface area contributed by atoms with Crippen LogP contribution in [-0.2, 0) is 6.54 Å². The monoisotopic (exact) mass is 419 g/mol. The Morgan fingerprint density at radius 1 is 1.00 bits per heavy atom. The third-order valence-electron chi connectivity index (χ3n) is 5.52. The van der Waals surface area contributed by atoms with Crippen molar-refractivity contribution in [3.63, 3.8) is 0 Å². The molecule has 0 atom stereocenters. The minimum absolute atomic E-state index is 0.107. The van der Waals surface area contributed by atoms with E-state index in [1.54, 1.807) is 29.0 Å². The van der Waals surface area contributed by atoms with E-state index in [0.29, 0.717) is 30.2 Å². The molecule has 1 saturated heterocycles. The van der Waals surface area contributed by atoms with Gasteiger partial charge in [-0.1, -0.05) is 12.1 Å². The Labute approximate surface area is 178 Å². The lowest BCUT2D eigenvalue weighted by Crippen LogP contribution is -2.48. The molecule has 0 radical (unpaired) electrons. The Morgan fingerprint density at radius 3 is 2.48 bits per heavy atom. The first kappa shape index (κ1) is 19.3. The van der Waals surface area contributed by atoms with Crippen LogP contribution in [0.2, 0.25) is 0 Å². The molecule has 0 aliphatic carbocycles. The maximum atomic E-state index is 14.5. The smallest absolute Gasteiger partial charge is 0.259 e. The average molecular weight is 419 g/mol. The van der Waals surface area contributed by atoms with Gasteiger partial charge >= 0.3 is 0 Å². The van der Waals surface area contributed by atoms with Crippen molar-refractivity contribution in [3.05, 3.63) is 90.5 Å². The minimum atomic E-state index is -0.399. The van der Waals surface area contributed by atoms with Crippen molar-refractivity contribution in [2.75, 3.05) is 26.2 Å². The summed E-state index contributed by atoms with van der Waals surface area (Å²) in [6.45, 7) is 3.46. The quantitative estimate of drug-likeness (QED) is 0.498. The number of carbonyl (C=O) groups is 1. The lowest BCUT2D eigenvalue weighted by molar-refractivity contribution is 0.0620. The molecule has 3 aromatic heterocycles. The van der Waals surface area contributed by atoms with E-state index in [4.69, 9.17) is 4.42 Å². The van der Waals surface area contributed by atoms with E-state index in [1.807, 2.05) is 41.6 Å². The molecule has 0 saturated carbocycles. The Kier molecular flexibility index (Phi) is 5.13. The molecular formula is C23H22FN5O2. The van der Waals surface area contributed by atoms with Crippen LogP contribution in [0.1, 0.15) is 16.1 Å². The zero-order valence-corrected chi connectivity index (χ0v) is 16.9. The summed E-state index contributed by atoms with van der Waals surface area (Å²) in [5.74, 6) is 0.937. The number of hydrogen-bond donors (Lipinski definition) is 0. The van der Waals surface area contributed by atoms with Gasteiger partial charge in [-0.25, -0.2) is 9.07 Å². The first-order chi connectivity index (χ1) is 15.2. The Balaban J connectivity index is 1.40. The summed E-state index contributed by atoms with van der Waals surface area (Å²) in [5.41, 5.74) is 0.743. The van der Waals surface area contributed by atoms with Crippen LogP contribution in [0, 0.1) is 5.82 Å². The maximum Gasteiger partial charge on any atom is 0.259 e. The zero-order chi connectivity index (χ0) is 21.2. The number of piperazine rings is 1. The molecule has 1 fully saturated rings. The summed E-state index contributed by atoms with van der Waals surface area (Å²) >= 11 is 0. The maximum absolute atomic E-state index is 14.5. The fourth-order valence-corrected chi connectivity index (χ4v) is 3.92. The molecule has 4 aromatic rings. The van der Waals surface area contributed by atoms with Gasteiger partial charge < -0.3 is 13.9 Å². The number of halogens is 1. The number of hydrogen-bond acceptors (Lipinski definition) is 4. The number of nitrogens with zero attached hydrogens (tertiary/aromatic N) is 5. The van der Waals surface area contributed by atoms with Crippen LogP contribution in [0.25, 0.3) is 11.5 Å². The van der Waals surface area contributed by atoms with E-state index in [-0.39, 0.29) is 5.91 Å². The minimum Gasteiger partial charge on any atom is -0.468 e. The molecular weight excluding hydrogens is 397 g/mol. The number of para-hydroxylation sites is 1. The number of amides is 1. The van der Waals surface area contributed by atoms with E-state index in [2.05, 4.69) is 10.00 Å². The summed E-state index contributed by atoms with van der Waals surface area (Å²) < 4.78 is 23.2. The lowest BCUT2D eigenvalue weighted by Gasteiger charge is -2.34. The summed E-state index contributed by atoms with van der Waals surface area (Å²) in [6, 6.07) is 14.0. The second-order valence-electron chi connectivity index (χ2n) is 7.48. The van der Waals surface area contributed by atoms with Gasteiger partial charge in [0, 0.05) is 38.6 Å². The molecule has 7 nitrogen and oxygen atoms in total. The Bertz CT molecular complexity index is 1160. The summed E-state index contributed by atoms with van der Waals surface area (Å²) in [4.78, 5) is 17.5. The molecule has 5 rings (SSSR count). The molecule has 0 spiro atoms. The van der Waals surface area contributed by atoms with E-state index >= 15 is 0 Å². The predicted octanol–water partition coefficient (Wildman–Crippen LogP) is 3.35. The fourth-order valence-electron chi connectivity index (χ4n) is 3.92. The van der Waals surface area contributed by atoms with Gasteiger partial charge in [-0.15, -0.1) is 0 Å². The molecule has 1 aliphatic rings. The molecule has 1 aliphatic heterocycles. The normalized spacial score (nSPS) is 14.8. The number of furan rings is 1. The van der Waals surface area contributed by atoms with Crippen molar-refractivity contribution in [1.29, 1.82) is 0 Å². The van der Waals surface area contributed by atoms with Crippen molar-refractivity contribution in [1.82, 2.24) is 24.1 Å². The molecule has 1 aromatic carbocycles. The highest BCUT2D eigenvalue weighted by Gasteiger charge is 2.28. The van der Waals surface area contributed by atoms with Gasteiger partial charge in [0.2, 0.25) is 0 Å². The number of aromatic nitrogens is 3. The van der Waals surface area contributed by atoms with Crippen LogP contribution in [0.5, 0.6) is 0 Å². The van der Waals surface area contributed by atoms with Crippen LogP contribution < -0.4 is 0 Å². The van der Waals surface area contributed by atoms with Crippen LogP contribution in [0.3, 0.4) is 0 Å². The van der Waals surface area contributed by atoms with Crippen molar-refractivity contribution >= 4 is 5.91 Å². The molecule has 0 bridgehead atoms. The van der Waals surface area contributed by atoms with Crippen LogP contribution in [-0.4, -0.2) is 56.2 Å². The third-order valence-corrected chi connectivity index (χ3v) is 5.52. The molecule has 31 heavy (non-hydrogen) atoms. The van der Waals surface area contributed by atoms with Gasteiger partial charge in [0.25, 0.3) is 5.91 Å². The Hall–Kier alpha value is -3.65. The standard InChI is InChI=1S/C23H22FN5O2/c24-20-7-1-2-8-21(20)29-22(27-9-3-4-10-27)19(16-25-29)23(30)28-13-11-26(12-14-28)17-18-6-5-15-31-18/h1-10,15-16H,11-14,17H2. The predicted molar refractivity (Wildman–Crippen MR) is 113 cm³/mol. The van der Waals surface area contributed by atoms with Crippen molar-refractivity contribution in [2.24, 2.45) is 0 Å². The zero-order valence-electron chi connectivity index (χ0n) is 16.9. The largest absolute Gasteiger partial charge is 0.468 e. The van der Waals surface area contributed by atoms with E-state index in [9.17, 15) is 9.18 Å². The van der Waals surface area contributed by atoms with Gasteiger partial charge in [0.05, 0.1) is 19.0 Å². The highest BCUT2D eigenvalue weighted by Crippen LogP contribution is 2.23. The summed E-state index contributed by atoms with van der Waals surface area (Å²) in [6.07, 6.45) is 6.85. The highest BCUT2D eigenvalue weighted by atomic mass is 19.1. The second-order valence-corrected chi connectivity index (χ2v) is 7.48. The summed E-state index contributed by atoms with van der Waals surface area (Å²) in [5, 5.41) is 4.37. The van der Waals surface area contributed by atoms with E-state index in [0.717, 1.165) is 25.4 Å². The Morgan fingerprint density at radius 2 is 1.77 bits per heavy atom. The van der Waals surface area contributed by atoms with Crippen LogP contribution in [0.4, 0.5) is 4.39 Å². The SMILES string of the molecule is O=C(c1cnn(-c2ccccc2F)c1-n1cccc1)N1CCN(Cc2ccco2)CC1. The van der Waals surface area contributed by atoms with Gasteiger partial charge in [0.1, 0.15) is 22.8 Å². The highest BCUT2D eigenvalue weighted by molar-refractivity contribution is 5.97. The van der Waals surface area contributed by atoms with Crippen molar-refractivity contribution in [2.45, 2.75) is 6.54 Å². The van der Waals surface area contributed by atoms with Crippen molar-refractivity contribution in [3.8, 4) is 11.5 Å². The first-order valence-electron chi connectivity index (χ1n) is 10.2. The lowest BCUT2D eigenvalue weighted by atomic mass is 10.2.